The molecular formula is C27H42N4O3. The van der Waals surface area contributed by atoms with Crippen molar-refractivity contribution >= 4 is 23.9 Å². The van der Waals surface area contributed by atoms with Crippen molar-refractivity contribution in [2.45, 2.75) is 79.7 Å². The molecule has 0 unspecified atom stereocenters. The number of imidazole rings is 1. The average molecular weight is 471 g/mol. The highest BCUT2D eigenvalue weighted by Crippen LogP contribution is 2.18. The van der Waals surface area contributed by atoms with E-state index in [2.05, 4.69) is 50.1 Å². The Hall–Kier alpha value is -2.96. The van der Waals surface area contributed by atoms with Crippen LogP contribution in [0.15, 0.2) is 41.3 Å². The summed E-state index contributed by atoms with van der Waals surface area (Å²) < 4.78 is 1.75. The highest BCUT2D eigenvalue weighted by molar-refractivity contribution is 5.99. The number of hydrogen-bond donors (Lipinski definition) is 1. The summed E-state index contributed by atoms with van der Waals surface area (Å²) in [7, 11) is 3.13. The minimum Gasteiger partial charge on any atom is -0.354 e. The number of ketones is 1. The van der Waals surface area contributed by atoms with Crippen molar-refractivity contribution in [1.82, 2.24) is 14.9 Å². The summed E-state index contributed by atoms with van der Waals surface area (Å²) >= 11 is 0. The number of allylic oxidation sites excluding steroid dienone is 6. The lowest BCUT2D eigenvalue weighted by molar-refractivity contribution is -0.115. The zero-order valence-corrected chi connectivity index (χ0v) is 22.0. The van der Waals surface area contributed by atoms with E-state index in [0.717, 1.165) is 37.7 Å². The Labute approximate surface area is 205 Å². The second-order valence-electron chi connectivity index (χ2n) is 9.41. The molecule has 1 rings (SSSR count). The topological polar surface area (TPSA) is 84.3 Å². The zero-order chi connectivity index (χ0) is 25.7. The van der Waals surface area contributed by atoms with Gasteiger partial charge < -0.3 is 14.8 Å². The number of nitrogens with one attached hydrogen (secondary N) is 1. The van der Waals surface area contributed by atoms with Gasteiger partial charge in [-0.2, -0.15) is 0 Å². The minimum absolute atomic E-state index is 0.229. The first-order valence-electron chi connectivity index (χ1n) is 12.1. The van der Waals surface area contributed by atoms with Gasteiger partial charge in [-0.05, 0) is 64.9 Å². The molecule has 1 aromatic rings. The van der Waals surface area contributed by atoms with Gasteiger partial charge in [0.05, 0.1) is 6.33 Å². The van der Waals surface area contributed by atoms with Crippen molar-refractivity contribution in [2.75, 3.05) is 19.0 Å². The van der Waals surface area contributed by atoms with Crippen LogP contribution in [0.3, 0.4) is 0 Å². The fraction of sp³-hybridized carbons (Fsp3) is 0.556. The monoisotopic (exact) mass is 470 g/mol. The first-order valence-corrected chi connectivity index (χ1v) is 12.1. The van der Waals surface area contributed by atoms with Crippen molar-refractivity contribution in [3.05, 3.63) is 47.0 Å². The maximum absolute atomic E-state index is 12.3. The van der Waals surface area contributed by atoms with Crippen LogP contribution < -0.4 is 10.2 Å². The van der Waals surface area contributed by atoms with Gasteiger partial charge in [-0.3, -0.25) is 14.4 Å². The minimum atomic E-state index is -0.278. The molecule has 1 aromatic heterocycles. The van der Waals surface area contributed by atoms with E-state index in [0.29, 0.717) is 36.8 Å². The van der Waals surface area contributed by atoms with Gasteiger partial charge in [-0.15, -0.1) is 0 Å². The molecule has 0 aliphatic rings. The lowest BCUT2D eigenvalue weighted by atomic mass is 10.0. The second kappa shape index (κ2) is 15.0. The quantitative estimate of drug-likeness (QED) is 0.216. The van der Waals surface area contributed by atoms with Crippen molar-refractivity contribution < 1.29 is 14.4 Å². The van der Waals surface area contributed by atoms with Crippen LogP contribution in [0.5, 0.6) is 0 Å². The molecular weight excluding hydrogens is 428 g/mol. The third kappa shape index (κ3) is 10.3. The number of aromatic nitrogens is 2. The normalized spacial score (nSPS) is 12.8. The van der Waals surface area contributed by atoms with Gasteiger partial charge in [0.1, 0.15) is 0 Å². The van der Waals surface area contributed by atoms with Gasteiger partial charge >= 0.3 is 0 Å². The molecule has 1 N–H and O–H groups in total. The summed E-state index contributed by atoms with van der Waals surface area (Å²) in [5, 5.41) is 2.61. The largest absolute Gasteiger partial charge is 0.354 e. The van der Waals surface area contributed by atoms with Crippen molar-refractivity contribution in [2.24, 2.45) is 5.92 Å². The standard InChI is InChI=1S/C27H42N4O3/c1-20(2)16-24(33)17-23(5)13-9-11-21(3)10-8-12-22(4)14-15-31-18-29-26(30(7)19-32)25(31)27(34)28-6/h10,14,17-20H,8-9,11-13,15-16H2,1-7H3,(H,28,34)/b21-10+,22-14+,23-17-. The molecule has 0 radical (unpaired) electrons. The average Bonchev–Trinajstić information content (AvgIpc) is 3.19. The molecule has 34 heavy (non-hydrogen) atoms. The Morgan fingerprint density at radius 1 is 1.09 bits per heavy atom. The van der Waals surface area contributed by atoms with Gasteiger partial charge in [0.15, 0.2) is 17.3 Å². The number of nitrogens with zero attached hydrogens (tertiary/aromatic N) is 3. The summed E-state index contributed by atoms with van der Waals surface area (Å²) in [5.41, 5.74) is 4.13. The predicted molar refractivity (Wildman–Crippen MR) is 139 cm³/mol. The first-order chi connectivity index (χ1) is 16.1. The van der Waals surface area contributed by atoms with Crippen LogP contribution in [0.4, 0.5) is 5.82 Å². The summed E-state index contributed by atoms with van der Waals surface area (Å²) in [6.07, 6.45) is 13.9. The Kier molecular flexibility index (Phi) is 12.9. The Balaban J connectivity index is 2.55. The maximum atomic E-state index is 12.3. The van der Waals surface area contributed by atoms with Gasteiger partial charge in [0, 0.05) is 27.1 Å². The molecule has 0 aromatic carbocycles. The number of amides is 2. The molecule has 0 bridgehead atoms. The van der Waals surface area contributed by atoms with E-state index in [1.807, 2.05) is 13.0 Å². The second-order valence-corrected chi connectivity index (χ2v) is 9.41. The van der Waals surface area contributed by atoms with Gasteiger partial charge in [0.25, 0.3) is 5.91 Å². The van der Waals surface area contributed by atoms with E-state index in [4.69, 9.17) is 0 Å². The summed E-state index contributed by atoms with van der Waals surface area (Å²) in [4.78, 5) is 40.8. The SMILES string of the molecule is CNC(=O)c1c(N(C)C=O)ncn1C/C=C(\C)CC/C=C(\C)CCC/C(C)=C\C(=O)CC(C)C. The molecule has 0 aliphatic heterocycles. The van der Waals surface area contributed by atoms with E-state index in [1.165, 1.54) is 16.0 Å². The summed E-state index contributed by atoms with van der Waals surface area (Å²) in [5.74, 6) is 0.694. The van der Waals surface area contributed by atoms with Gasteiger partial charge in [-0.25, -0.2) is 4.98 Å². The van der Waals surface area contributed by atoms with Crippen molar-refractivity contribution in [3.8, 4) is 0 Å². The molecule has 0 spiro atoms. The summed E-state index contributed by atoms with van der Waals surface area (Å²) in [6, 6.07) is 0. The number of anilines is 1. The van der Waals surface area contributed by atoms with Crippen LogP contribution in [0.25, 0.3) is 0 Å². The molecule has 1 heterocycles. The first kappa shape index (κ1) is 29.1. The highest BCUT2D eigenvalue weighted by Gasteiger charge is 2.20. The Morgan fingerprint density at radius 2 is 1.74 bits per heavy atom. The van der Waals surface area contributed by atoms with E-state index < -0.39 is 0 Å². The van der Waals surface area contributed by atoms with E-state index in [9.17, 15) is 14.4 Å². The number of rotatable bonds is 15. The molecule has 0 fully saturated rings. The number of carbonyl (C=O) groups excluding carboxylic acids is 3. The predicted octanol–water partition coefficient (Wildman–Crippen LogP) is 5.24. The van der Waals surface area contributed by atoms with Gasteiger partial charge in [0.2, 0.25) is 6.41 Å². The number of carbonyl (C=O) groups is 3. The molecule has 188 valence electrons. The van der Waals surface area contributed by atoms with Crippen LogP contribution in [0.2, 0.25) is 0 Å². The van der Waals surface area contributed by atoms with Crippen molar-refractivity contribution in [3.63, 3.8) is 0 Å². The van der Waals surface area contributed by atoms with E-state index in [-0.39, 0.29) is 11.7 Å². The summed E-state index contributed by atoms with van der Waals surface area (Å²) in [6.45, 7) is 10.9. The smallest absolute Gasteiger partial charge is 0.271 e. The molecule has 7 heteroatoms. The Bertz CT molecular complexity index is 922. The van der Waals surface area contributed by atoms with Crippen LogP contribution in [0, 0.1) is 5.92 Å². The van der Waals surface area contributed by atoms with Crippen LogP contribution in [-0.2, 0) is 16.1 Å². The van der Waals surface area contributed by atoms with Crippen LogP contribution in [0.1, 0.15) is 83.6 Å². The fourth-order valence-corrected chi connectivity index (χ4v) is 3.63. The Morgan fingerprint density at radius 3 is 2.35 bits per heavy atom. The van der Waals surface area contributed by atoms with Crippen molar-refractivity contribution in [1.29, 1.82) is 0 Å². The lowest BCUT2D eigenvalue weighted by Gasteiger charge is -2.11. The maximum Gasteiger partial charge on any atom is 0.271 e. The molecule has 2 amide bonds. The molecule has 0 saturated carbocycles. The third-order valence-corrected chi connectivity index (χ3v) is 5.58. The molecule has 0 saturated heterocycles. The van der Waals surface area contributed by atoms with E-state index >= 15 is 0 Å². The molecule has 0 aliphatic carbocycles. The van der Waals surface area contributed by atoms with Gasteiger partial charge in [-0.1, -0.05) is 42.7 Å². The third-order valence-electron chi connectivity index (χ3n) is 5.58. The van der Waals surface area contributed by atoms with E-state index in [1.54, 1.807) is 25.0 Å². The fourth-order valence-electron chi connectivity index (χ4n) is 3.63. The zero-order valence-electron chi connectivity index (χ0n) is 22.0. The van der Waals surface area contributed by atoms with Crippen LogP contribution >= 0.6 is 0 Å². The van der Waals surface area contributed by atoms with Crippen LogP contribution in [-0.4, -0.2) is 41.7 Å². The number of hydrogen-bond acceptors (Lipinski definition) is 4. The molecule has 0 atom stereocenters. The molecule has 7 nitrogen and oxygen atoms in total. The lowest BCUT2D eigenvalue weighted by Crippen LogP contribution is -2.25. The highest BCUT2D eigenvalue weighted by atomic mass is 16.2.